The summed E-state index contributed by atoms with van der Waals surface area (Å²) in [4.78, 5) is 0. The first-order valence-electron chi connectivity index (χ1n) is 7.03. The van der Waals surface area contributed by atoms with Crippen LogP contribution in [-0.2, 0) is 9.09 Å². The third-order valence-electron chi connectivity index (χ3n) is 3.12. The van der Waals surface area contributed by atoms with Crippen LogP contribution < -0.4 is 4.52 Å². The van der Waals surface area contributed by atoms with E-state index in [4.69, 9.17) is 4.52 Å². The van der Waals surface area contributed by atoms with Crippen molar-refractivity contribution in [1.82, 2.24) is 0 Å². The lowest BCUT2D eigenvalue weighted by Crippen LogP contribution is -2.43. The van der Waals surface area contributed by atoms with E-state index in [9.17, 15) is 26.5 Å². The van der Waals surface area contributed by atoms with Gasteiger partial charge in [-0.05, 0) is 17.7 Å². The van der Waals surface area contributed by atoms with Crippen molar-refractivity contribution >= 4 is 7.60 Å². The molecule has 0 saturated carbocycles. The van der Waals surface area contributed by atoms with Gasteiger partial charge in [-0.2, -0.15) is 22.0 Å². The minimum absolute atomic E-state index is 0.0236. The molecule has 0 aromatic heterocycles. The molecule has 0 N–H and O–H groups in total. The molecule has 0 bridgehead atoms. The van der Waals surface area contributed by atoms with Gasteiger partial charge in [0.1, 0.15) is 5.75 Å². The van der Waals surface area contributed by atoms with Crippen molar-refractivity contribution in [2.24, 2.45) is 0 Å². The average Bonchev–Trinajstić information content (AvgIpc) is 2.53. The van der Waals surface area contributed by atoms with Gasteiger partial charge in [-0.25, -0.2) is 4.57 Å². The molecule has 0 aliphatic rings. The number of alkyl halides is 5. The fourth-order valence-electron chi connectivity index (χ4n) is 2.00. The van der Waals surface area contributed by atoms with Gasteiger partial charge < -0.3 is 4.52 Å². The van der Waals surface area contributed by atoms with Crippen molar-refractivity contribution in [3.63, 3.8) is 0 Å². The van der Waals surface area contributed by atoms with Gasteiger partial charge >= 0.3 is 19.7 Å². The first kappa shape index (κ1) is 19.4. The Labute approximate surface area is 140 Å². The summed E-state index contributed by atoms with van der Waals surface area (Å²) in [6.45, 7) is 0.836. The van der Waals surface area contributed by atoms with Crippen LogP contribution in [0, 0.1) is 0 Å². The minimum atomic E-state index is -5.89. The largest absolute Gasteiger partial charge is 0.456 e. The van der Waals surface area contributed by atoms with Gasteiger partial charge in [0.15, 0.2) is 6.10 Å². The molecule has 0 spiro atoms. The number of rotatable bonds is 6. The Balaban J connectivity index is 2.35. The molecule has 0 amide bonds. The summed E-state index contributed by atoms with van der Waals surface area (Å²) in [5, 5.41) is 0. The smallest absolute Gasteiger partial charge is 0.425 e. The van der Waals surface area contributed by atoms with Crippen LogP contribution in [0.3, 0.4) is 0 Å². The Morgan fingerprint density at radius 2 is 1.36 bits per heavy atom. The van der Waals surface area contributed by atoms with E-state index in [-0.39, 0.29) is 5.75 Å². The summed E-state index contributed by atoms with van der Waals surface area (Å²) >= 11 is 0. The molecule has 2 unspecified atom stereocenters. The zero-order chi connectivity index (χ0) is 18.7. The topological polar surface area (TPSA) is 35.5 Å². The van der Waals surface area contributed by atoms with E-state index in [2.05, 4.69) is 4.52 Å². The van der Waals surface area contributed by atoms with Crippen LogP contribution in [0.15, 0.2) is 60.7 Å². The van der Waals surface area contributed by atoms with E-state index in [0.717, 1.165) is 18.8 Å². The van der Waals surface area contributed by atoms with E-state index in [1.807, 2.05) is 0 Å². The highest BCUT2D eigenvalue weighted by atomic mass is 31.2. The lowest BCUT2D eigenvalue weighted by molar-refractivity contribution is -0.311. The monoisotopic (exact) mass is 380 g/mol. The van der Waals surface area contributed by atoms with Gasteiger partial charge in [0, 0.05) is 6.66 Å². The van der Waals surface area contributed by atoms with Crippen molar-refractivity contribution in [3.8, 4) is 5.75 Å². The van der Waals surface area contributed by atoms with Gasteiger partial charge in [0.05, 0.1) is 0 Å². The fraction of sp³-hybridized carbons (Fsp3) is 0.250. The Morgan fingerprint density at radius 1 is 0.880 bits per heavy atom. The maximum Gasteiger partial charge on any atom is 0.456 e. The van der Waals surface area contributed by atoms with Crippen molar-refractivity contribution in [2.75, 3.05) is 6.66 Å². The Hall–Kier alpha value is -1.92. The van der Waals surface area contributed by atoms with Crippen molar-refractivity contribution in [2.45, 2.75) is 18.2 Å². The van der Waals surface area contributed by atoms with E-state index in [0.29, 0.717) is 0 Å². The second kappa shape index (κ2) is 7.14. The highest BCUT2D eigenvalue weighted by molar-refractivity contribution is 7.53. The molecule has 9 heteroatoms. The molecule has 2 aromatic rings. The van der Waals surface area contributed by atoms with Crippen LogP contribution in [0.4, 0.5) is 22.0 Å². The number of hydrogen-bond acceptors (Lipinski definition) is 3. The van der Waals surface area contributed by atoms with E-state index >= 15 is 0 Å². The second-order valence-corrected chi connectivity index (χ2v) is 7.13. The van der Waals surface area contributed by atoms with Gasteiger partial charge in [-0.3, -0.25) is 4.52 Å². The van der Waals surface area contributed by atoms with Gasteiger partial charge in [0.25, 0.3) is 0 Å². The molecule has 136 valence electrons. The first-order chi connectivity index (χ1) is 11.5. The fourth-order valence-corrected chi connectivity index (χ4v) is 3.18. The SMILES string of the molecule is CP(=O)(Oc1ccccc1)OC(c1ccccc1)C(F)(F)C(F)(F)F. The molecule has 2 rings (SSSR count). The third kappa shape index (κ3) is 4.80. The van der Waals surface area contributed by atoms with Crippen LogP contribution >= 0.6 is 7.60 Å². The molecular weight excluding hydrogens is 366 g/mol. The van der Waals surface area contributed by atoms with E-state index in [1.54, 1.807) is 6.07 Å². The lowest BCUT2D eigenvalue weighted by Gasteiger charge is -2.30. The standard InChI is InChI=1S/C16H14F5O3P/c1-25(22,23-13-10-6-3-7-11-13)24-14(12-8-4-2-5-9-12)15(17,18)16(19,20)21/h2-11,14H,1H3. The van der Waals surface area contributed by atoms with E-state index < -0.39 is 31.4 Å². The highest BCUT2D eigenvalue weighted by Crippen LogP contribution is 2.55. The average molecular weight is 380 g/mol. The maximum atomic E-state index is 13.9. The molecule has 0 saturated heterocycles. The summed E-state index contributed by atoms with van der Waals surface area (Å²) in [6.07, 6.45) is -8.70. The highest BCUT2D eigenvalue weighted by Gasteiger charge is 2.64. The summed E-state index contributed by atoms with van der Waals surface area (Å²) in [5.41, 5.74) is -0.469. The van der Waals surface area contributed by atoms with Crippen LogP contribution in [0.5, 0.6) is 5.75 Å². The van der Waals surface area contributed by atoms with Crippen LogP contribution in [-0.4, -0.2) is 18.8 Å². The molecule has 0 radical (unpaired) electrons. The molecule has 3 nitrogen and oxygen atoms in total. The molecule has 0 heterocycles. The molecule has 25 heavy (non-hydrogen) atoms. The number of hydrogen-bond donors (Lipinski definition) is 0. The Bertz CT molecular complexity index is 734. The summed E-state index contributed by atoms with van der Waals surface area (Å²) in [5.74, 6) is -5.24. The number of halogens is 5. The van der Waals surface area contributed by atoms with Crippen LogP contribution in [0.2, 0.25) is 0 Å². The van der Waals surface area contributed by atoms with Gasteiger partial charge in [0.2, 0.25) is 0 Å². The second-order valence-electron chi connectivity index (χ2n) is 5.19. The van der Waals surface area contributed by atoms with Crippen molar-refractivity contribution < 1.29 is 35.6 Å². The maximum absolute atomic E-state index is 13.9. The molecule has 0 aliphatic heterocycles. The van der Waals surface area contributed by atoms with Crippen molar-refractivity contribution in [3.05, 3.63) is 66.2 Å². The molecule has 0 fully saturated rings. The predicted octanol–water partition coefficient (Wildman–Crippen LogP) is 5.84. The zero-order valence-corrected chi connectivity index (χ0v) is 13.8. The number of benzene rings is 2. The van der Waals surface area contributed by atoms with E-state index in [1.165, 1.54) is 42.5 Å². The third-order valence-corrected chi connectivity index (χ3v) is 4.26. The molecule has 2 atom stereocenters. The minimum Gasteiger partial charge on any atom is -0.425 e. The van der Waals surface area contributed by atoms with Crippen molar-refractivity contribution in [1.29, 1.82) is 0 Å². The first-order valence-corrected chi connectivity index (χ1v) is 9.02. The molecule has 0 aliphatic carbocycles. The normalized spacial score (nSPS) is 16.1. The molecule has 2 aromatic carbocycles. The van der Waals surface area contributed by atoms with Crippen LogP contribution in [0.25, 0.3) is 0 Å². The Morgan fingerprint density at radius 3 is 1.84 bits per heavy atom. The van der Waals surface area contributed by atoms with Gasteiger partial charge in [-0.15, -0.1) is 0 Å². The zero-order valence-electron chi connectivity index (χ0n) is 12.9. The number of para-hydroxylation sites is 1. The summed E-state index contributed by atoms with van der Waals surface area (Å²) < 4.78 is 88.4. The predicted molar refractivity (Wildman–Crippen MR) is 81.9 cm³/mol. The van der Waals surface area contributed by atoms with Gasteiger partial charge in [-0.1, -0.05) is 48.5 Å². The quantitative estimate of drug-likeness (QED) is 0.466. The van der Waals surface area contributed by atoms with Crippen LogP contribution in [0.1, 0.15) is 11.7 Å². The summed E-state index contributed by atoms with van der Waals surface area (Å²) in [7, 11) is -4.28. The lowest BCUT2D eigenvalue weighted by atomic mass is 10.0. The molecular formula is C16H14F5O3P. The Kier molecular flexibility index (Phi) is 5.54. The summed E-state index contributed by atoms with van der Waals surface area (Å²) in [6, 6.07) is 13.5.